The molecule has 1 heterocycles. The van der Waals surface area contributed by atoms with Crippen LogP contribution in [0.2, 0.25) is 0 Å². The highest BCUT2D eigenvalue weighted by Crippen LogP contribution is 2.30. The molecule has 0 aromatic heterocycles. The third-order valence-electron chi connectivity index (χ3n) is 3.78. The maximum atomic E-state index is 12.4. The number of carboxylic acid groups (broad SMARTS) is 1. The molecule has 3 rings (SSSR count). The summed E-state index contributed by atoms with van der Waals surface area (Å²) >= 11 is 0. The lowest BCUT2D eigenvalue weighted by Crippen LogP contribution is -2.37. The van der Waals surface area contributed by atoms with Gasteiger partial charge in [-0.05, 0) is 50.2 Å². The molecule has 1 aliphatic rings. The number of rotatable bonds is 4. The Hall–Kier alpha value is -3.15. The quantitative estimate of drug-likeness (QED) is 0.874. The average molecular weight is 325 g/mol. The average Bonchev–Trinajstić information content (AvgIpc) is 2.80. The SMILES string of the molecule is CC(C)(Oc1ccc(N2C(=O)c3ccccc3C2=O)cc1)C(=O)O. The maximum absolute atomic E-state index is 12.4. The van der Waals surface area contributed by atoms with Crippen LogP contribution < -0.4 is 9.64 Å². The van der Waals surface area contributed by atoms with E-state index in [0.29, 0.717) is 22.6 Å². The second-order valence-corrected chi connectivity index (χ2v) is 5.90. The zero-order chi connectivity index (χ0) is 17.5. The minimum absolute atomic E-state index is 0.336. The summed E-state index contributed by atoms with van der Waals surface area (Å²) in [5, 5.41) is 9.08. The van der Waals surface area contributed by atoms with Crippen molar-refractivity contribution in [2.45, 2.75) is 19.4 Å². The molecule has 0 saturated heterocycles. The van der Waals surface area contributed by atoms with Gasteiger partial charge >= 0.3 is 5.97 Å². The van der Waals surface area contributed by atoms with Crippen LogP contribution in [0, 0.1) is 0 Å². The molecule has 0 atom stereocenters. The first-order chi connectivity index (χ1) is 11.3. The number of imide groups is 1. The number of amides is 2. The minimum atomic E-state index is -1.38. The van der Waals surface area contributed by atoms with Crippen LogP contribution in [0.4, 0.5) is 5.69 Å². The molecular weight excluding hydrogens is 310 g/mol. The van der Waals surface area contributed by atoms with Crippen molar-refractivity contribution in [3.8, 4) is 5.75 Å². The van der Waals surface area contributed by atoms with Gasteiger partial charge in [0.05, 0.1) is 16.8 Å². The van der Waals surface area contributed by atoms with Crippen molar-refractivity contribution in [2.75, 3.05) is 4.90 Å². The van der Waals surface area contributed by atoms with Gasteiger partial charge in [0.15, 0.2) is 5.60 Å². The number of anilines is 1. The first-order valence-corrected chi connectivity index (χ1v) is 7.31. The molecule has 122 valence electrons. The minimum Gasteiger partial charge on any atom is -0.478 e. The molecule has 1 N–H and O–H groups in total. The largest absolute Gasteiger partial charge is 0.478 e. The van der Waals surface area contributed by atoms with E-state index in [4.69, 9.17) is 9.84 Å². The van der Waals surface area contributed by atoms with Gasteiger partial charge in [0, 0.05) is 0 Å². The third-order valence-corrected chi connectivity index (χ3v) is 3.78. The Morgan fingerprint density at radius 1 is 0.958 bits per heavy atom. The highest BCUT2D eigenvalue weighted by molar-refractivity contribution is 6.34. The van der Waals surface area contributed by atoms with E-state index < -0.39 is 11.6 Å². The number of hydrogen-bond donors (Lipinski definition) is 1. The molecule has 24 heavy (non-hydrogen) atoms. The lowest BCUT2D eigenvalue weighted by atomic mass is 10.1. The molecule has 2 aromatic carbocycles. The van der Waals surface area contributed by atoms with Crippen LogP contribution in [0.1, 0.15) is 34.6 Å². The summed E-state index contributed by atoms with van der Waals surface area (Å²) in [6.07, 6.45) is 0. The number of ether oxygens (including phenoxy) is 1. The fraction of sp³-hybridized carbons (Fsp3) is 0.167. The van der Waals surface area contributed by atoms with Crippen LogP contribution in [-0.2, 0) is 4.79 Å². The normalized spacial score (nSPS) is 13.8. The molecule has 2 aromatic rings. The number of fused-ring (bicyclic) bond motifs is 1. The number of nitrogens with zero attached hydrogens (tertiary/aromatic N) is 1. The zero-order valence-corrected chi connectivity index (χ0v) is 13.1. The molecule has 0 saturated carbocycles. The molecule has 2 amide bonds. The predicted octanol–water partition coefficient (Wildman–Crippen LogP) is 2.73. The van der Waals surface area contributed by atoms with E-state index in [9.17, 15) is 14.4 Å². The topological polar surface area (TPSA) is 83.9 Å². The van der Waals surface area contributed by atoms with Crippen LogP contribution >= 0.6 is 0 Å². The smallest absolute Gasteiger partial charge is 0.347 e. The second kappa shape index (κ2) is 5.49. The summed E-state index contributed by atoms with van der Waals surface area (Å²) in [6.45, 7) is 2.88. The fourth-order valence-electron chi connectivity index (χ4n) is 2.43. The van der Waals surface area contributed by atoms with Crippen molar-refractivity contribution in [2.24, 2.45) is 0 Å². The van der Waals surface area contributed by atoms with Crippen molar-refractivity contribution < 1.29 is 24.2 Å². The molecule has 0 fully saturated rings. The summed E-state index contributed by atoms with van der Waals surface area (Å²) in [5.41, 5.74) is -0.233. The first kappa shape index (κ1) is 15.7. The predicted molar refractivity (Wildman–Crippen MR) is 86.4 cm³/mol. The zero-order valence-electron chi connectivity index (χ0n) is 13.1. The summed E-state index contributed by atoms with van der Waals surface area (Å²) < 4.78 is 5.41. The standard InChI is InChI=1S/C18H15NO5/c1-18(2,17(22)23)24-12-9-7-11(8-10-12)19-15(20)13-5-3-4-6-14(13)16(19)21/h3-10H,1-2H3,(H,22,23). The van der Waals surface area contributed by atoms with Gasteiger partial charge in [-0.2, -0.15) is 0 Å². The first-order valence-electron chi connectivity index (χ1n) is 7.31. The Labute approximate surface area is 138 Å². The van der Waals surface area contributed by atoms with Gasteiger partial charge in [0.25, 0.3) is 11.8 Å². The molecule has 0 bridgehead atoms. The number of carboxylic acids is 1. The highest BCUT2D eigenvalue weighted by Gasteiger charge is 2.36. The van der Waals surface area contributed by atoms with Crippen molar-refractivity contribution >= 4 is 23.5 Å². The molecule has 6 heteroatoms. The van der Waals surface area contributed by atoms with Crippen LogP contribution in [-0.4, -0.2) is 28.5 Å². The van der Waals surface area contributed by atoms with Gasteiger partial charge < -0.3 is 9.84 Å². The van der Waals surface area contributed by atoms with Gasteiger partial charge in [-0.1, -0.05) is 12.1 Å². The molecule has 6 nitrogen and oxygen atoms in total. The summed E-state index contributed by atoms with van der Waals surface area (Å²) in [7, 11) is 0. The molecule has 0 aliphatic carbocycles. The summed E-state index contributed by atoms with van der Waals surface area (Å²) in [4.78, 5) is 37.0. The highest BCUT2D eigenvalue weighted by atomic mass is 16.5. The monoisotopic (exact) mass is 325 g/mol. The van der Waals surface area contributed by atoms with E-state index in [1.807, 2.05) is 0 Å². The number of hydrogen-bond acceptors (Lipinski definition) is 4. The van der Waals surface area contributed by atoms with Crippen molar-refractivity contribution in [3.05, 3.63) is 59.7 Å². The van der Waals surface area contributed by atoms with Crippen molar-refractivity contribution in [3.63, 3.8) is 0 Å². The third kappa shape index (κ3) is 2.52. The van der Waals surface area contributed by atoms with E-state index in [2.05, 4.69) is 0 Å². The molecular formula is C18H15NO5. The van der Waals surface area contributed by atoms with Gasteiger partial charge in [-0.15, -0.1) is 0 Å². The van der Waals surface area contributed by atoms with Crippen LogP contribution in [0.3, 0.4) is 0 Å². The van der Waals surface area contributed by atoms with Crippen LogP contribution in [0.25, 0.3) is 0 Å². The molecule has 0 radical (unpaired) electrons. The van der Waals surface area contributed by atoms with Crippen LogP contribution in [0.5, 0.6) is 5.75 Å². The molecule has 0 spiro atoms. The lowest BCUT2D eigenvalue weighted by Gasteiger charge is -2.22. The van der Waals surface area contributed by atoms with Gasteiger partial charge in [-0.25, -0.2) is 9.69 Å². The summed E-state index contributed by atoms with van der Waals surface area (Å²) in [6, 6.07) is 12.8. The Kier molecular flexibility index (Phi) is 3.60. The maximum Gasteiger partial charge on any atom is 0.347 e. The van der Waals surface area contributed by atoms with E-state index in [1.165, 1.54) is 26.0 Å². The van der Waals surface area contributed by atoms with Gasteiger partial charge in [0.2, 0.25) is 0 Å². The Morgan fingerprint density at radius 2 is 1.46 bits per heavy atom. The number of aliphatic carboxylic acids is 1. The van der Waals surface area contributed by atoms with Gasteiger partial charge in [0.1, 0.15) is 5.75 Å². The Bertz CT molecular complexity index is 804. The second-order valence-electron chi connectivity index (χ2n) is 5.90. The van der Waals surface area contributed by atoms with E-state index in [0.717, 1.165) is 4.90 Å². The molecule has 0 unspecified atom stereocenters. The molecule has 1 aliphatic heterocycles. The lowest BCUT2D eigenvalue weighted by molar-refractivity contribution is -0.152. The fourth-order valence-corrected chi connectivity index (χ4v) is 2.43. The van der Waals surface area contributed by atoms with E-state index >= 15 is 0 Å². The Morgan fingerprint density at radius 3 is 1.92 bits per heavy atom. The summed E-state index contributed by atoms with van der Waals surface area (Å²) in [5.74, 6) is -1.51. The van der Waals surface area contributed by atoms with E-state index in [-0.39, 0.29) is 11.8 Å². The van der Waals surface area contributed by atoms with E-state index in [1.54, 1.807) is 36.4 Å². The van der Waals surface area contributed by atoms with Crippen molar-refractivity contribution in [1.29, 1.82) is 0 Å². The number of benzene rings is 2. The van der Waals surface area contributed by atoms with Crippen LogP contribution in [0.15, 0.2) is 48.5 Å². The van der Waals surface area contributed by atoms with Crippen molar-refractivity contribution in [1.82, 2.24) is 0 Å². The Balaban J connectivity index is 1.86. The number of carbonyl (C=O) groups excluding carboxylic acids is 2. The number of carbonyl (C=O) groups is 3. The van der Waals surface area contributed by atoms with Gasteiger partial charge in [-0.3, -0.25) is 9.59 Å².